The summed E-state index contributed by atoms with van der Waals surface area (Å²) in [5.41, 5.74) is 5.00. The summed E-state index contributed by atoms with van der Waals surface area (Å²) < 4.78 is 7.76. The molecule has 0 fully saturated rings. The molecule has 0 aliphatic rings. The average Bonchev–Trinajstić information content (AvgIpc) is 3.38. The van der Waals surface area contributed by atoms with Gasteiger partial charge in [0.1, 0.15) is 12.4 Å². The molecule has 4 aromatic rings. The van der Waals surface area contributed by atoms with Gasteiger partial charge in [0.25, 0.3) is 5.91 Å². The maximum Gasteiger partial charge on any atom is 0.265 e. The lowest BCUT2D eigenvalue weighted by atomic mass is 10.1. The van der Waals surface area contributed by atoms with Gasteiger partial charge in [-0.05, 0) is 54.1 Å². The second kappa shape index (κ2) is 9.37. The Bertz CT molecular complexity index is 1180. The van der Waals surface area contributed by atoms with E-state index in [-0.39, 0.29) is 5.91 Å². The molecule has 0 spiro atoms. The summed E-state index contributed by atoms with van der Waals surface area (Å²) in [6.07, 6.45) is 3.38. The van der Waals surface area contributed by atoms with E-state index >= 15 is 0 Å². The van der Waals surface area contributed by atoms with Crippen LogP contribution in [-0.4, -0.2) is 15.7 Å². The maximum absolute atomic E-state index is 12.6. The molecule has 1 N–H and O–H groups in total. The van der Waals surface area contributed by atoms with Crippen LogP contribution in [0.2, 0.25) is 5.02 Å². The van der Waals surface area contributed by atoms with Crippen LogP contribution in [0.15, 0.2) is 66.3 Å². The van der Waals surface area contributed by atoms with Gasteiger partial charge in [-0.3, -0.25) is 9.48 Å². The molecular weight excluding hydrogens is 430 g/mol. The largest absolute Gasteiger partial charge is 0.488 e. The van der Waals surface area contributed by atoms with Crippen LogP contribution in [0.1, 0.15) is 31.9 Å². The highest BCUT2D eigenvalue weighted by atomic mass is 35.5. The minimum absolute atomic E-state index is 0.130. The van der Waals surface area contributed by atoms with E-state index in [0.717, 1.165) is 33.7 Å². The number of nitrogens with zero attached hydrogens (tertiary/aromatic N) is 2. The Morgan fingerprint density at radius 3 is 2.55 bits per heavy atom. The second-order valence-corrected chi connectivity index (χ2v) is 8.68. The van der Waals surface area contributed by atoms with Crippen molar-refractivity contribution in [1.82, 2.24) is 9.78 Å². The average molecular weight is 452 g/mol. The Labute approximate surface area is 190 Å². The van der Waals surface area contributed by atoms with Gasteiger partial charge in [0.2, 0.25) is 0 Å². The number of hydrogen-bond acceptors (Lipinski definition) is 4. The van der Waals surface area contributed by atoms with E-state index in [1.54, 1.807) is 17.1 Å². The van der Waals surface area contributed by atoms with Gasteiger partial charge in [-0.2, -0.15) is 5.10 Å². The number of thiophene rings is 1. The van der Waals surface area contributed by atoms with Gasteiger partial charge in [0, 0.05) is 17.4 Å². The number of para-hydroxylation sites is 1. The van der Waals surface area contributed by atoms with Crippen LogP contribution in [0, 0.1) is 13.8 Å². The minimum Gasteiger partial charge on any atom is -0.488 e. The monoisotopic (exact) mass is 451 g/mol. The molecule has 7 heteroatoms. The molecule has 4 rings (SSSR count). The Hall–Kier alpha value is -3.09. The number of benzene rings is 2. The highest BCUT2D eigenvalue weighted by Crippen LogP contribution is 2.25. The van der Waals surface area contributed by atoms with Crippen molar-refractivity contribution in [2.24, 2.45) is 0 Å². The number of carbonyl (C=O) groups excluding carboxylic acids is 1. The lowest BCUT2D eigenvalue weighted by molar-refractivity contribution is 0.103. The van der Waals surface area contributed by atoms with Gasteiger partial charge in [0.15, 0.2) is 0 Å². The highest BCUT2D eigenvalue weighted by Gasteiger charge is 2.11. The highest BCUT2D eigenvalue weighted by molar-refractivity contribution is 7.12. The number of nitrogens with one attached hydrogen (secondary N) is 1. The van der Waals surface area contributed by atoms with Crippen molar-refractivity contribution in [1.29, 1.82) is 0 Å². The first kappa shape index (κ1) is 21.2. The molecule has 0 atom stereocenters. The third-order valence-corrected chi connectivity index (χ3v) is 6.00. The third kappa shape index (κ3) is 5.34. The first-order valence-corrected chi connectivity index (χ1v) is 11.1. The van der Waals surface area contributed by atoms with Crippen LogP contribution in [0.5, 0.6) is 5.75 Å². The molecule has 158 valence electrons. The number of hydrogen-bond donors (Lipinski definition) is 1. The van der Waals surface area contributed by atoms with Crippen molar-refractivity contribution in [2.45, 2.75) is 27.0 Å². The van der Waals surface area contributed by atoms with Gasteiger partial charge < -0.3 is 10.1 Å². The molecule has 2 aromatic carbocycles. The number of rotatable bonds is 7. The molecule has 0 bridgehead atoms. The zero-order valence-electron chi connectivity index (χ0n) is 17.3. The van der Waals surface area contributed by atoms with Crippen molar-refractivity contribution in [2.75, 3.05) is 5.32 Å². The fraction of sp³-hybridized carbons (Fsp3) is 0.167. The molecule has 0 saturated heterocycles. The molecule has 0 aliphatic carbocycles. The summed E-state index contributed by atoms with van der Waals surface area (Å²) in [4.78, 5) is 13.3. The summed E-state index contributed by atoms with van der Waals surface area (Å²) in [7, 11) is 0. The summed E-state index contributed by atoms with van der Waals surface area (Å²) in [6.45, 7) is 5.12. The number of anilines is 1. The quantitative estimate of drug-likeness (QED) is 0.369. The summed E-state index contributed by atoms with van der Waals surface area (Å²) in [5, 5.41) is 9.69. The summed E-state index contributed by atoms with van der Waals surface area (Å²) >= 11 is 7.31. The number of halogens is 1. The van der Waals surface area contributed by atoms with Crippen molar-refractivity contribution < 1.29 is 9.53 Å². The Morgan fingerprint density at radius 2 is 1.87 bits per heavy atom. The second-order valence-electron chi connectivity index (χ2n) is 7.34. The molecule has 1 amide bonds. The van der Waals surface area contributed by atoms with Crippen LogP contribution in [-0.2, 0) is 13.2 Å². The van der Waals surface area contributed by atoms with E-state index in [1.807, 2.05) is 67.8 Å². The fourth-order valence-electron chi connectivity index (χ4n) is 3.25. The zero-order valence-corrected chi connectivity index (χ0v) is 18.8. The first-order chi connectivity index (χ1) is 15.0. The molecule has 0 unspecified atom stereocenters. The Morgan fingerprint density at radius 1 is 1.13 bits per heavy atom. The molecule has 0 saturated carbocycles. The number of carbonyl (C=O) groups is 1. The molecule has 0 radical (unpaired) electrons. The zero-order chi connectivity index (χ0) is 21.8. The number of amides is 1. The van der Waals surface area contributed by atoms with Crippen molar-refractivity contribution >= 4 is 34.5 Å². The first-order valence-electron chi connectivity index (χ1n) is 9.82. The molecular formula is C24H22ClN3O2S. The van der Waals surface area contributed by atoms with Gasteiger partial charge in [0.05, 0.1) is 22.6 Å². The van der Waals surface area contributed by atoms with Crippen molar-refractivity contribution in [3.8, 4) is 5.75 Å². The van der Waals surface area contributed by atoms with Gasteiger partial charge in [-0.25, -0.2) is 0 Å². The predicted molar refractivity (Wildman–Crippen MR) is 125 cm³/mol. The van der Waals surface area contributed by atoms with E-state index in [2.05, 4.69) is 10.4 Å². The third-order valence-electron chi connectivity index (χ3n) is 4.83. The number of ether oxygens (including phenoxy) is 1. The maximum atomic E-state index is 12.6. The van der Waals surface area contributed by atoms with E-state index < -0.39 is 0 Å². The van der Waals surface area contributed by atoms with Crippen LogP contribution in [0.4, 0.5) is 5.69 Å². The Balaban J connectivity index is 1.34. The molecule has 5 nitrogen and oxygen atoms in total. The molecule has 0 aliphatic heterocycles. The van der Waals surface area contributed by atoms with Crippen LogP contribution >= 0.6 is 22.9 Å². The van der Waals surface area contributed by atoms with Crippen molar-refractivity contribution in [3.05, 3.63) is 98.5 Å². The lowest BCUT2D eigenvalue weighted by Gasteiger charge is -2.11. The van der Waals surface area contributed by atoms with E-state index in [9.17, 15) is 4.79 Å². The fourth-order valence-corrected chi connectivity index (χ4v) is 4.20. The predicted octanol–water partition coefficient (Wildman–Crippen LogP) is 6.09. The number of aromatic nitrogens is 2. The van der Waals surface area contributed by atoms with Crippen LogP contribution in [0.3, 0.4) is 0 Å². The van der Waals surface area contributed by atoms with E-state index in [4.69, 9.17) is 16.3 Å². The Kier molecular flexibility index (Phi) is 6.39. The van der Waals surface area contributed by atoms with Gasteiger partial charge in [-0.1, -0.05) is 41.9 Å². The molecule has 2 heterocycles. The van der Waals surface area contributed by atoms with Gasteiger partial charge in [-0.15, -0.1) is 11.3 Å². The minimum atomic E-state index is -0.130. The van der Waals surface area contributed by atoms with Crippen LogP contribution in [0.25, 0.3) is 0 Å². The summed E-state index contributed by atoms with van der Waals surface area (Å²) in [5.74, 6) is 0.770. The lowest BCUT2D eigenvalue weighted by Crippen LogP contribution is -2.10. The van der Waals surface area contributed by atoms with Gasteiger partial charge >= 0.3 is 0 Å². The topological polar surface area (TPSA) is 56.1 Å². The molecule has 2 aromatic heterocycles. The molecule has 31 heavy (non-hydrogen) atoms. The van der Waals surface area contributed by atoms with E-state index in [0.29, 0.717) is 23.1 Å². The van der Waals surface area contributed by atoms with E-state index in [1.165, 1.54) is 11.3 Å². The standard InChI is InChI=1S/C24H22ClN3O2S/c1-16-4-3-5-17(2)23(16)30-14-19-10-22(31-15-19)24(29)27-21-8-6-18(7-9-21)12-28-13-20(25)11-26-28/h3-11,13,15H,12,14H2,1-2H3,(H,27,29). The SMILES string of the molecule is Cc1cccc(C)c1OCc1csc(C(=O)Nc2ccc(Cn3cc(Cl)cn3)cc2)c1. The van der Waals surface area contributed by atoms with Crippen LogP contribution < -0.4 is 10.1 Å². The smallest absolute Gasteiger partial charge is 0.265 e. The normalized spacial score (nSPS) is 10.8. The van der Waals surface area contributed by atoms with Crippen molar-refractivity contribution in [3.63, 3.8) is 0 Å². The summed E-state index contributed by atoms with van der Waals surface area (Å²) in [6, 6.07) is 15.7. The number of aryl methyl sites for hydroxylation is 2.